The van der Waals surface area contributed by atoms with Gasteiger partial charge in [0.2, 0.25) is 5.91 Å². The van der Waals surface area contributed by atoms with Crippen LogP contribution in [-0.4, -0.2) is 24.2 Å². The van der Waals surface area contributed by atoms with Crippen molar-refractivity contribution in [3.05, 3.63) is 34.9 Å². The van der Waals surface area contributed by atoms with E-state index in [2.05, 4.69) is 5.32 Å². The first-order valence-corrected chi connectivity index (χ1v) is 5.23. The number of halogens is 1. The van der Waals surface area contributed by atoms with E-state index in [4.69, 9.17) is 16.7 Å². The minimum Gasteiger partial charge on any atom is -0.396 e. The predicted molar refractivity (Wildman–Crippen MR) is 59.9 cm³/mol. The molecule has 0 saturated carbocycles. The lowest BCUT2D eigenvalue weighted by atomic mass is 10.1. The average molecular weight is 228 g/mol. The largest absolute Gasteiger partial charge is 0.396 e. The number of hydrogen-bond donors (Lipinski definition) is 2. The third kappa shape index (κ3) is 4.32. The smallest absolute Gasteiger partial charge is 0.224 e. The SMILES string of the molecule is O=C(Cc1ccccc1Cl)NCCCO. The van der Waals surface area contributed by atoms with Crippen LogP contribution in [0.1, 0.15) is 12.0 Å². The molecule has 0 fully saturated rings. The van der Waals surface area contributed by atoms with Crippen LogP contribution in [0.3, 0.4) is 0 Å². The molecular weight excluding hydrogens is 214 g/mol. The van der Waals surface area contributed by atoms with Crippen LogP contribution in [0.15, 0.2) is 24.3 Å². The van der Waals surface area contributed by atoms with Crippen molar-refractivity contribution in [1.29, 1.82) is 0 Å². The summed E-state index contributed by atoms with van der Waals surface area (Å²) in [5, 5.41) is 11.8. The molecule has 0 radical (unpaired) electrons. The summed E-state index contributed by atoms with van der Waals surface area (Å²) < 4.78 is 0. The first kappa shape index (κ1) is 12.0. The predicted octanol–water partition coefficient (Wildman–Crippen LogP) is 1.38. The van der Waals surface area contributed by atoms with E-state index in [1.165, 1.54) is 0 Å². The number of rotatable bonds is 5. The van der Waals surface area contributed by atoms with Gasteiger partial charge in [-0.1, -0.05) is 29.8 Å². The molecule has 0 aliphatic heterocycles. The van der Waals surface area contributed by atoms with Crippen LogP contribution in [0.2, 0.25) is 5.02 Å². The molecule has 4 heteroatoms. The monoisotopic (exact) mass is 227 g/mol. The Kier molecular flexibility index (Phi) is 5.15. The molecule has 1 amide bonds. The molecule has 0 atom stereocenters. The van der Waals surface area contributed by atoms with Gasteiger partial charge in [-0.3, -0.25) is 4.79 Å². The number of aliphatic hydroxyl groups is 1. The second kappa shape index (κ2) is 6.43. The van der Waals surface area contributed by atoms with Gasteiger partial charge in [0.05, 0.1) is 6.42 Å². The van der Waals surface area contributed by atoms with E-state index in [0.29, 0.717) is 18.0 Å². The summed E-state index contributed by atoms with van der Waals surface area (Å²) in [5.41, 5.74) is 0.820. The first-order valence-electron chi connectivity index (χ1n) is 4.85. The van der Waals surface area contributed by atoms with Crippen molar-refractivity contribution in [3.8, 4) is 0 Å². The van der Waals surface area contributed by atoms with Crippen molar-refractivity contribution in [2.45, 2.75) is 12.8 Å². The quantitative estimate of drug-likeness (QED) is 0.747. The Hall–Kier alpha value is -1.06. The van der Waals surface area contributed by atoms with Gasteiger partial charge < -0.3 is 10.4 Å². The number of carbonyl (C=O) groups excluding carboxylic acids is 1. The average Bonchev–Trinajstić information content (AvgIpc) is 2.22. The fourth-order valence-corrected chi connectivity index (χ4v) is 1.39. The number of hydrogen-bond acceptors (Lipinski definition) is 2. The van der Waals surface area contributed by atoms with Crippen molar-refractivity contribution in [3.63, 3.8) is 0 Å². The van der Waals surface area contributed by atoms with Crippen molar-refractivity contribution < 1.29 is 9.90 Å². The summed E-state index contributed by atoms with van der Waals surface area (Å²) in [6.45, 7) is 0.589. The maximum absolute atomic E-state index is 11.4. The Morgan fingerprint density at radius 1 is 1.40 bits per heavy atom. The van der Waals surface area contributed by atoms with E-state index in [0.717, 1.165) is 5.56 Å². The molecule has 2 N–H and O–H groups in total. The zero-order chi connectivity index (χ0) is 11.1. The Morgan fingerprint density at radius 2 is 2.13 bits per heavy atom. The Bertz CT molecular complexity index is 328. The van der Waals surface area contributed by atoms with E-state index in [1.54, 1.807) is 6.07 Å². The van der Waals surface area contributed by atoms with Gasteiger partial charge in [0, 0.05) is 18.2 Å². The van der Waals surface area contributed by atoms with Crippen molar-refractivity contribution in [1.82, 2.24) is 5.32 Å². The molecule has 15 heavy (non-hydrogen) atoms. The van der Waals surface area contributed by atoms with Gasteiger partial charge in [0.15, 0.2) is 0 Å². The van der Waals surface area contributed by atoms with Gasteiger partial charge in [-0.15, -0.1) is 0 Å². The van der Waals surface area contributed by atoms with Crippen LogP contribution < -0.4 is 5.32 Å². The maximum Gasteiger partial charge on any atom is 0.224 e. The minimum atomic E-state index is -0.0726. The topological polar surface area (TPSA) is 49.3 Å². The van der Waals surface area contributed by atoms with Crippen LogP contribution in [0, 0.1) is 0 Å². The van der Waals surface area contributed by atoms with E-state index >= 15 is 0 Å². The molecule has 0 heterocycles. The van der Waals surface area contributed by atoms with Crippen molar-refractivity contribution >= 4 is 17.5 Å². The summed E-state index contributed by atoms with van der Waals surface area (Å²) in [5.74, 6) is -0.0726. The second-order valence-corrected chi connectivity index (χ2v) is 3.60. The number of nitrogens with one attached hydrogen (secondary N) is 1. The standard InChI is InChI=1S/C11H14ClNO2/c12-10-5-2-1-4-9(10)8-11(15)13-6-3-7-14/h1-2,4-5,14H,3,6-8H2,(H,13,15). The number of carbonyl (C=O) groups is 1. The maximum atomic E-state index is 11.4. The summed E-state index contributed by atoms with van der Waals surface area (Å²) in [6, 6.07) is 7.27. The summed E-state index contributed by atoms with van der Waals surface area (Å²) in [4.78, 5) is 11.4. The van der Waals surface area contributed by atoms with Gasteiger partial charge in [-0.25, -0.2) is 0 Å². The molecule has 1 rings (SSSR count). The van der Waals surface area contributed by atoms with E-state index < -0.39 is 0 Å². The molecule has 1 aromatic carbocycles. The van der Waals surface area contributed by atoms with Crippen LogP contribution in [0.5, 0.6) is 0 Å². The second-order valence-electron chi connectivity index (χ2n) is 3.20. The van der Waals surface area contributed by atoms with Crippen LogP contribution in [-0.2, 0) is 11.2 Å². The lowest BCUT2D eigenvalue weighted by molar-refractivity contribution is -0.120. The van der Waals surface area contributed by atoms with Crippen LogP contribution >= 0.6 is 11.6 Å². The molecule has 0 saturated heterocycles. The van der Waals surface area contributed by atoms with Crippen LogP contribution in [0.25, 0.3) is 0 Å². The Morgan fingerprint density at radius 3 is 2.80 bits per heavy atom. The molecule has 0 spiro atoms. The molecule has 82 valence electrons. The fourth-order valence-electron chi connectivity index (χ4n) is 1.18. The number of amides is 1. The van der Waals surface area contributed by atoms with Gasteiger partial charge in [-0.2, -0.15) is 0 Å². The highest BCUT2D eigenvalue weighted by Crippen LogP contribution is 2.14. The lowest BCUT2D eigenvalue weighted by Gasteiger charge is -2.05. The normalized spacial score (nSPS) is 10.0. The molecule has 0 aliphatic carbocycles. The van der Waals surface area contributed by atoms with E-state index in [1.807, 2.05) is 18.2 Å². The zero-order valence-corrected chi connectivity index (χ0v) is 9.13. The molecule has 0 aliphatic rings. The molecule has 0 unspecified atom stereocenters. The summed E-state index contributed by atoms with van der Waals surface area (Å²) >= 11 is 5.91. The summed E-state index contributed by atoms with van der Waals surface area (Å²) in [6.07, 6.45) is 0.860. The summed E-state index contributed by atoms with van der Waals surface area (Å²) in [7, 11) is 0. The lowest BCUT2D eigenvalue weighted by Crippen LogP contribution is -2.26. The molecule has 3 nitrogen and oxygen atoms in total. The molecule has 1 aromatic rings. The van der Waals surface area contributed by atoms with Gasteiger partial charge in [0.1, 0.15) is 0 Å². The van der Waals surface area contributed by atoms with Gasteiger partial charge >= 0.3 is 0 Å². The fraction of sp³-hybridized carbons (Fsp3) is 0.364. The van der Waals surface area contributed by atoms with E-state index in [9.17, 15) is 4.79 Å². The Labute approximate surface area is 94.1 Å². The molecule has 0 bridgehead atoms. The van der Waals surface area contributed by atoms with Crippen LogP contribution in [0.4, 0.5) is 0 Å². The van der Waals surface area contributed by atoms with Crippen molar-refractivity contribution in [2.75, 3.05) is 13.2 Å². The third-order valence-electron chi connectivity index (χ3n) is 1.97. The Balaban J connectivity index is 2.41. The number of aliphatic hydroxyl groups excluding tert-OH is 1. The zero-order valence-electron chi connectivity index (χ0n) is 8.37. The highest BCUT2D eigenvalue weighted by atomic mass is 35.5. The van der Waals surface area contributed by atoms with E-state index in [-0.39, 0.29) is 18.9 Å². The third-order valence-corrected chi connectivity index (χ3v) is 2.33. The number of benzene rings is 1. The first-order chi connectivity index (χ1) is 7.24. The molecular formula is C11H14ClNO2. The highest BCUT2D eigenvalue weighted by Gasteiger charge is 2.05. The molecule has 0 aromatic heterocycles. The minimum absolute atomic E-state index is 0.0726. The van der Waals surface area contributed by atoms with Gasteiger partial charge in [-0.05, 0) is 18.1 Å². The van der Waals surface area contributed by atoms with Crippen molar-refractivity contribution in [2.24, 2.45) is 0 Å². The highest BCUT2D eigenvalue weighted by molar-refractivity contribution is 6.31. The van der Waals surface area contributed by atoms with Gasteiger partial charge in [0.25, 0.3) is 0 Å².